The Hall–Kier alpha value is -1.94. The number of benzene rings is 1. The molecule has 2 rings (SSSR count). The minimum absolute atomic E-state index is 0. The van der Waals surface area contributed by atoms with Crippen LogP contribution in [0.1, 0.15) is 5.56 Å². The van der Waals surface area contributed by atoms with Crippen molar-refractivity contribution in [3.8, 4) is 11.5 Å². The lowest BCUT2D eigenvalue weighted by Crippen LogP contribution is -2.20. The van der Waals surface area contributed by atoms with Gasteiger partial charge < -0.3 is 14.4 Å². The second-order valence-corrected chi connectivity index (χ2v) is 4.57. The molecule has 0 unspecified atom stereocenters. The highest BCUT2D eigenvalue weighted by Gasteiger charge is 2.06. The fourth-order valence-electron chi connectivity index (χ4n) is 2.06. The summed E-state index contributed by atoms with van der Waals surface area (Å²) in [5.74, 6) is 1.54. The molecular formula is C16H21ClN2O2. The number of hydrogen-bond donors (Lipinski definition) is 0. The van der Waals surface area contributed by atoms with Crippen LogP contribution in [-0.4, -0.2) is 32.8 Å². The van der Waals surface area contributed by atoms with E-state index < -0.39 is 0 Å². The van der Waals surface area contributed by atoms with E-state index in [2.05, 4.69) is 23.0 Å². The Kier molecular flexibility index (Phi) is 6.82. The largest absolute Gasteiger partial charge is 0.493 e. The van der Waals surface area contributed by atoms with Crippen molar-refractivity contribution in [3.63, 3.8) is 0 Å². The Balaban J connectivity index is 0.00000220. The normalized spacial score (nSPS) is 9.67. The molecule has 0 amide bonds. The number of likely N-dealkylation sites (N-methyl/N-ethyl adjacent to an activating group) is 1. The van der Waals surface area contributed by atoms with Crippen molar-refractivity contribution < 1.29 is 9.47 Å². The van der Waals surface area contributed by atoms with E-state index in [1.54, 1.807) is 14.2 Å². The smallest absolute Gasteiger partial charge is 0.160 e. The zero-order valence-electron chi connectivity index (χ0n) is 12.6. The Labute approximate surface area is 132 Å². The summed E-state index contributed by atoms with van der Waals surface area (Å²) in [4.78, 5) is 6.24. The van der Waals surface area contributed by atoms with E-state index in [0.29, 0.717) is 0 Å². The van der Waals surface area contributed by atoms with Crippen LogP contribution in [-0.2, 0) is 6.42 Å². The van der Waals surface area contributed by atoms with Crippen molar-refractivity contribution in [2.24, 2.45) is 0 Å². The number of hydrogen-bond acceptors (Lipinski definition) is 4. The van der Waals surface area contributed by atoms with Gasteiger partial charge in [0.25, 0.3) is 0 Å². The number of halogens is 1. The van der Waals surface area contributed by atoms with Crippen LogP contribution in [0.15, 0.2) is 42.7 Å². The van der Waals surface area contributed by atoms with Crippen molar-refractivity contribution in [2.75, 3.05) is 32.7 Å². The molecule has 114 valence electrons. The first-order valence-corrected chi connectivity index (χ1v) is 6.56. The lowest BCUT2D eigenvalue weighted by molar-refractivity contribution is 0.354. The predicted molar refractivity (Wildman–Crippen MR) is 88.0 cm³/mol. The van der Waals surface area contributed by atoms with Crippen LogP contribution < -0.4 is 14.4 Å². The van der Waals surface area contributed by atoms with Crippen LogP contribution in [0.4, 0.5) is 5.69 Å². The van der Waals surface area contributed by atoms with Crippen molar-refractivity contribution in [1.82, 2.24) is 4.98 Å². The third kappa shape index (κ3) is 4.53. The number of aromatic nitrogens is 1. The minimum atomic E-state index is 0. The molecule has 0 atom stereocenters. The van der Waals surface area contributed by atoms with Gasteiger partial charge >= 0.3 is 0 Å². The molecule has 0 aliphatic carbocycles. The van der Waals surface area contributed by atoms with E-state index >= 15 is 0 Å². The lowest BCUT2D eigenvalue weighted by Gasteiger charge is -2.19. The summed E-state index contributed by atoms with van der Waals surface area (Å²) >= 11 is 0. The summed E-state index contributed by atoms with van der Waals surface area (Å²) < 4.78 is 10.6. The van der Waals surface area contributed by atoms with E-state index in [9.17, 15) is 0 Å². The summed E-state index contributed by atoms with van der Waals surface area (Å²) in [6, 6.07) is 10.1. The molecule has 0 N–H and O–H groups in total. The topological polar surface area (TPSA) is 34.6 Å². The van der Waals surface area contributed by atoms with Gasteiger partial charge in [0.1, 0.15) is 0 Å². The van der Waals surface area contributed by atoms with Crippen LogP contribution >= 0.6 is 12.4 Å². The van der Waals surface area contributed by atoms with Gasteiger partial charge in [0, 0.05) is 31.7 Å². The molecule has 0 saturated heterocycles. The van der Waals surface area contributed by atoms with Gasteiger partial charge in [0.15, 0.2) is 11.5 Å². The molecule has 1 aromatic heterocycles. The number of ether oxygens (including phenoxy) is 2. The van der Waals surface area contributed by atoms with Gasteiger partial charge in [0.05, 0.1) is 14.2 Å². The maximum Gasteiger partial charge on any atom is 0.160 e. The van der Waals surface area contributed by atoms with Crippen molar-refractivity contribution in [2.45, 2.75) is 6.42 Å². The van der Waals surface area contributed by atoms with Gasteiger partial charge in [-0.25, -0.2) is 0 Å². The summed E-state index contributed by atoms with van der Waals surface area (Å²) in [6.45, 7) is 0.930. The van der Waals surface area contributed by atoms with Gasteiger partial charge in [-0.15, -0.1) is 12.4 Å². The Morgan fingerprint density at radius 3 is 2.29 bits per heavy atom. The van der Waals surface area contributed by atoms with Crippen LogP contribution in [0.3, 0.4) is 0 Å². The molecule has 0 radical (unpaired) electrons. The van der Waals surface area contributed by atoms with Crippen molar-refractivity contribution in [3.05, 3.63) is 48.3 Å². The highest BCUT2D eigenvalue weighted by molar-refractivity contribution is 5.85. The van der Waals surface area contributed by atoms with E-state index in [1.165, 1.54) is 11.3 Å². The van der Waals surface area contributed by atoms with E-state index in [0.717, 1.165) is 24.5 Å². The molecule has 0 fully saturated rings. The average molecular weight is 309 g/mol. The molecule has 1 heterocycles. The second kappa shape index (κ2) is 8.37. The first-order chi connectivity index (χ1) is 9.74. The van der Waals surface area contributed by atoms with Crippen LogP contribution in [0.5, 0.6) is 11.5 Å². The predicted octanol–water partition coefficient (Wildman–Crippen LogP) is 3.20. The zero-order valence-corrected chi connectivity index (χ0v) is 13.4. The van der Waals surface area contributed by atoms with Crippen molar-refractivity contribution in [1.29, 1.82) is 0 Å². The average Bonchev–Trinajstić information content (AvgIpc) is 2.53. The number of anilines is 1. The molecule has 0 saturated carbocycles. The fourth-order valence-corrected chi connectivity index (χ4v) is 2.06. The molecule has 21 heavy (non-hydrogen) atoms. The Morgan fingerprint density at radius 1 is 1.00 bits per heavy atom. The van der Waals surface area contributed by atoms with Crippen LogP contribution in [0, 0.1) is 0 Å². The third-order valence-electron chi connectivity index (χ3n) is 3.29. The molecule has 2 aromatic rings. The van der Waals surface area contributed by atoms with Crippen molar-refractivity contribution >= 4 is 18.1 Å². The van der Waals surface area contributed by atoms with E-state index in [-0.39, 0.29) is 12.4 Å². The summed E-state index contributed by atoms with van der Waals surface area (Å²) in [5, 5.41) is 0. The van der Waals surface area contributed by atoms with Gasteiger partial charge in [-0.3, -0.25) is 4.98 Å². The highest BCUT2D eigenvalue weighted by Crippen LogP contribution is 2.27. The molecule has 5 heteroatoms. The summed E-state index contributed by atoms with van der Waals surface area (Å²) in [6.07, 6.45) is 4.56. The van der Waals surface area contributed by atoms with Gasteiger partial charge in [0.2, 0.25) is 0 Å². The van der Waals surface area contributed by atoms with Crippen LogP contribution in [0.2, 0.25) is 0 Å². The second-order valence-electron chi connectivity index (χ2n) is 4.57. The zero-order chi connectivity index (χ0) is 14.4. The lowest BCUT2D eigenvalue weighted by atomic mass is 10.1. The van der Waals surface area contributed by atoms with Crippen LogP contribution in [0.25, 0.3) is 0 Å². The summed E-state index contributed by atoms with van der Waals surface area (Å²) in [7, 11) is 5.38. The van der Waals surface area contributed by atoms with Gasteiger partial charge in [-0.1, -0.05) is 6.07 Å². The fraction of sp³-hybridized carbons (Fsp3) is 0.312. The molecule has 4 nitrogen and oxygen atoms in total. The van der Waals surface area contributed by atoms with E-state index in [1.807, 2.05) is 36.7 Å². The first-order valence-electron chi connectivity index (χ1n) is 6.56. The molecular weight excluding hydrogens is 288 g/mol. The Bertz CT molecular complexity index is 549. The first kappa shape index (κ1) is 17.1. The maximum absolute atomic E-state index is 5.32. The summed E-state index contributed by atoms with van der Waals surface area (Å²) in [5.41, 5.74) is 2.39. The Morgan fingerprint density at radius 2 is 1.67 bits per heavy atom. The number of rotatable bonds is 6. The quantitative estimate of drug-likeness (QED) is 0.821. The monoisotopic (exact) mass is 308 g/mol. The van der Waals surface area contributed by atoms with Gasteiger partial charge in [-0.05, 0) is 36.2 Å². The number of methoxy groups -OCH3 is 2. The minimum Gasteiger partial charge on any atom is -0.493 e. The molecule has 0 aliphatic rings. The number of pyridine rings is 1. The number of nitrogens with zero attached hydrogens (tertiary/aromatic N) is 2. The van der Waals surface area contributed by atoms with Gasteiger partial charge in [-0.2, -0.15) is 0 Å². The standard InChI is InChI=1S/C16H20N2O2.ClH/c1-18(14-6-9-17-10-7-14)11-8-13-4-5-15(19-2)16(12-13)20-3;/h4-7,9-10,12H,8,11H2,1-3H3;1H. The molecule has 0 aliphatic heterocycles. The highest BCUT2D eigenvalue weighted by atomic mass is 35.5. The molecule has 0 spiro atoms. The molecule has 1 aromatic carbocycles. The van der Waals surface area contributed by atoms with E-state index in [4.69, 9.17) is 9.47 Å². The molecule has 0 bridgehead atoms. The maximum atomic E-state index is 5.32. The third-order valence-corrected chi connectivity index (χ3v) is 3.29. The SMILES string of the molecule is COc1ccc(CCN(C)c2ccncc2)cc1OC.Cl.